The second-order valence-corrected chi connectivity index (χ2v) is 29.6. The van der Waals surface area contributed by atoms with E-state index in [1.807, 2.05) is 0 Å². The van der Waals surface area contributed by atoms with Crippen LogP contribution in [0.1, 0.15) is 198 Å². The normalized spacial score (nSPS) is 51.5. The summed E-state index contributed by atoms with van der Waals surface area (Å²) in [4.78, 5) is 5.37. The van der Waals surface area contributed by atoms with Crippen LogP contribution in [0.5, 0.6) is 0 Å². The monoisotopic (exact) mass is 1060 g/mol. The standard InChI is InChI=1S/2C30H46ClNO2.C3H8.C2H6O/c1-18-13-25-26(32(16-18)12-11-31)19(2)30(34-25)10-8-23-22-6-5-20-14-21(33)7-9-27(20,3)24(22)15-29(23)17-28(29,30)4;1-18-13-27-28(32(17-18)12-11-31)20(3)30(34-27)10-8-23-24-6-5-21-14-22(33)7-9-29(21,4)26(24)15-25(23)19(2)16-30;1-3-2;1-2-3/h5,18-19,21-26,33H,6-17H2,1-4H3;5,18,20,22-24,26-28,33H,6-17H2,1-4H3;3H2,1-2H3;3H,2H2,1H3/t18-,19+,21-,22-,23-,24-,25+,26-,27-,28+,29?,30+;18-,20+,22-,23-,24-,26-,27+,28-,29-,30-;;/m00../s1. The molecule has 9 heteroatoms. The average molecular weight is 1070 g/mol. The van der Waals surface area contributed by atoms with Gasteiger partial charge in [0.1, 0.15) is 0 Å². The van der Waals surface area contributed by atoms with Gasteiger partial charge in [-0.25, -0.2) is 0 Å². The predicted octanol–water partition coefficient (Wildman–Crippen LogP) is 13.8. The zero-order valence-electron chi connectivity index (χ0n) is 48.6. The van der Waals surface area contributed by atoms with Crippen molar-refractivity contribution in [2.45, 2.75) is 246 Å². The number of aliphatic hydroxyl groups excluding tert-OH is 3. The minimum absolute atomic E-state index is 0.00932. The van der Waals surface area contributed by atoms with Crippen molar-refractivity contribution in [1.82, 2.24) is 9.80 Å². The lowest BCUT2D eigenvalue weighted by Gasteiger charge is -2.50. The minimum Gasteiger partial charge on any atom is -0.397 e. The highest BCUT2D eigenvalue weighted by atomic mass is 35.5. The van der Waals surface area contributed by atoms with Gasteiger partial charge in [-0.2, -0.15) is 0 Å². The fourth-order valence-corrected chi connectivity index (χ4v) is 22.2. The third kappa shape index (κ3) is 8.93. The van der Waals surface area contributed by atoms with Crippen LogP contribution in [0.25, 0.3) is 0 Å². The molecule has 4 heterocycles. The molecule has 3 N–H and O–H groups in total. The Balaban J connectivity index is 0.000000153. The largest absolute Gasteiger partial charge is 0.397 e. The number of rotatable bonds is 4. The number of piperidine rings is 2. The van der Waals surface area contributed by atoms with Gasteiger partial charge in [-0.1, -0.05) is 103 Å². The van der Waals surface area contributed by atoms with Gasteiger partial charge in [0.2, 0.25) is 0 Å². The Bertz CT molecular complexity index is 2110. The van der Waals surface area contributed by atoms with Gasteiger partial charge in [0.05, 0.1) is 35.6 Å². The highest BCUT2D eigenvalue weighted by Crippen LogP contribution is 2.87. The molecule has 1 unspecified atom stereocenters. The lowest BCUT2D eigenvalue weighted by Crippen LogP contribution is -2.54. The van der Waals surface area contributed by atoms with Crippen molar-refractivity contribution in [3.63, 3.8) is 0 Å². The lowest BCUT2D eigenvalue weighted by atomic mass is 9.56. The minimum atomic E-state index is -0.116. The summed E-state index contributed by atoms with van der Waals surface area (Å²) in [5.74, 6) is 8.84. The molecule has 7 nitrogen and oxygen atoms in total. The first kappa shape index (κ1) is 56.8. The van der Waals surface area contributed by atoms with Crippen LogP contribution in [0.15, 0.2) is 34.4 Å². The molecule has 22 atom stereocenters. The second kappa shape index (κ2) is 21.4. The number of ether oxygens (including phenoxy) is 2. The maximum Gasteiger partial charge on any atom is 0.0787 e. The van der Waals surface area contributed by atoms with Gasteiger partial charge in [-0.3, -0.25) is 9.80 Å². The van der Waals surface area contributed by atoms with Crippen LogP contribution >= 0.6 is 23.2 Å². The Morgan fingerprint density at radius 1 is 0.676 bits per heavy atom. The van der Waals surface area contributed by atoms with E-state index in [4.69, 9.17) is 37.8 Å². The molecular weight excluding hydrogens is 960 g/mol. The van der Waals surface area contributed by atoms with Crippen LogP contribution in [0, 0.1) is 80.8 Å². The predicted molar refractivity (Wildman–Crippen MR) is 304 cm³/mol. The van der Waals surface area contributed by atoms with E-state index in [-0.39, 0.29) is 30.0 Å². The summed E-state index contributed by atoms with van der Waals surface area (Å²) < 4.78 is 14.5. The van der Waals surface area contributed by atoms with Gasteiger partial charge in [0.25, 0.3) is 0 Å². The number of halogens is 2. The van der Waals surface area contributed by atoms with Crippen LogP contribution in [0.2, 0.25) is 0 Å². The Morgan fingerprint density at radius 3 is 1.80 bits per heavy atom. The molecule has 0 bridgehead atoms. The topological polar surface area (TPSA) is 85.6 Å². The number of alkyl halides is 2. The highest BCUT2D eigenvalue weighted by Gasteiger charge is 2.84. The molecule has 3 spiro atoms. The zero-order valence-corrected chi connectivity index (χ0v) is 50.1. The summed E-state index contributed by atoms with van der Waals surface area (Å²) in [6.45, 7) is 30.6. The molecule has 0 amide bonds. The highest BCUT2D eigenvalue weighted by molar-refractivity contribution is 6.18. The van der Waals surface area contributed by atoms with Gasteiger partial charge >= 0.3 is 0 Å². The molecule has 0 aromatic rings. The zero-order chi connectivity index (χ0) is 52.9. The van der Waals surface area contributed by atoms with Crippen molar-refractivity contribution in [2.75, 3.05) is 44.5 Å². The number of likely N-dealkylation sites (tertiary alicyclic amines) is 2. The fourth-order valence-electron chi connectivity index (χ4n) is 21.8. The number of fused-ring (bicyclic) bond motifs is 12. The van der Waals surface area contributed by atoms with Crippen LogP contribution in [0.3, 0.4) is 0 Å². The van der Waals surface area contributed by atoms with E-state index in [2.05, 4.69) is 91.2 Å². The number of allylic oxidation sites excluding steroid dienone is 3. The molecule has 10 fully saturated rings. The quantitative estimate of drug-likeness (QED) is 0.191. The Morgan fingerprint density at radius 2 is 1.22 bits per heavy atom. The van der Waals surface area contributed by atoms with Crippen molar-refractivity contribution in [1.29, 1.82) is 0 Å². The number of hydrogen-bond acceptors (Lipinski definition) is 7. The van der Waals surface area contributed by atoms with Gasteiger partial charge in [0, 0.05) is 73.9 Å². The molecule has 0 aromatic heterocycles. The maximum absolute atomic E-state index is 10.4. The van der Waals surface area contributed by atoms with Crippen molar-refractivity contribution in [3.8, 4) is 0 Å². The molecule has 4 aliphatic heterocycles. The van der Waals surface area contributed by atoms with Crippen LogP contribution in [-0.4, -0.2) is 117 Å². The first-order valence-electron chi connectivity index (χ1n) is 31.3. The summed E-state index contributed by atoms with van der Waals surface area (Å²) in [5.41, 5.74) is 8.15. The third-order valence-electron chi connectivity index (χ3n) is 25.0. The molecule has 13 rings (SSSR count). The second-order valence-electron chi connectivity index (χ2n) is 28.8. The van der Waals surface area contributed by atoms with E-state index in [0.29, 0.717) is 69.6 Å². The fraction of sp³-hybridized carbons (Fsp3) is 0.908. The Labute approximate surface area is 461 Å². The molecule has 0 radical (unpaired) electrons. The molecule has 74 heavy (non-hydrogen) atoms. The number of aliphatic hydroxyl groups is 3. The number of nitrogens with zero attached hydrogens (tertiary/aromatic N) is 2. The van der Waals surface area contributed by atoms with E-state index < -0.39 is 0 Å². The van der Waals surface area contributed by atoms with E-state index >= 15 is 0 Å². The maximum atomic E-state index is 10.4. The Kier molecular flexibility index (Phi) is 16.5. The molecule has 13 aliphatic rings. The van der Waals surface area contributed by atoms with Crippen molar-refractivity contribution in [3.05, 3.63) is 34.4 Å². The summed E-state index contributed by atoms with van der Waals surface area (Å²) in [6.07, 6.45) is 28.4. The van der Waals surface area contributed by atoms with E-state index in [1.54, 1.807) is 29.2 Å². The van der Waals surface area contributed by atoms with Gasteiger partial charge in [-0.05, 0) is 193 Å². The average Bonchev–Trinajstić information content (AvgIpc) is 3.82. The van der Waals surface area contributed by atoms with Crippen molar-refractivity contribution in [2.24, 2.45) is 80.8 Å². The lowest BCUT2D eigenvalue weighted by molar-refractivity contribution is -0.148. The first-order chi connectivity index (χ1) is 35.3. The first-order valence-corrected chi connectivity index (χ1v) is 32.3. The van der Waals surface area contributed by atoms with Crippen LogP contribution in [-0.2, 0) is 9.47 Å². The SMILES string of the molecule is CC1=C2C[C@H]3[C@@H](CC=C4C[C@@H](O)CC[C@@]43C)[C@@H]2CC[C@@]2(C1)O[C@@H]1C[C@H](C)CN(CCCl)[C@H]1[C@H]2C.CCC.CCO.C[C@H]1C[C@H]2O[C@]3(CC[C@H]4[C@@H]5CC=C6C[C@@H](O)CC[C@]6(C)[C@H]5CC45C[C@]53C)[C@H](C)[C@@H]2N(CCCl)C1. The van der Waals surface area contributed by atoms with Gasteiger partial charge in [-0.15, -0.1) is 23.2 Å². The van der Waals surface area contributed by atoms with Crippen molar-refractivity contribution >= 4 is 23.2 Å². The third-order valence-corrected chi connectivity index (χ3v) is 25.3. The summed E-state index contributed by atoms with van der Waals surface area (Å²) >= 11 is 12.5. The summed E-state index contributed by atoms with van der Waals surface area (Å²) in [7, 11) is 0. The molecule has 4 saturated heterocycles. The van der Waals surface area contributed by atoms with Gasteiger partial charge in [0.15, 0.2) is 0 Å². The molecule has 0 aromatic carbocycles. The molecule has 9 aliphatic carbocycles. The Hall–Kier alpha value is -0.480. The summed E-state index contributed by atoms with van der Waals surface area (Å²) in [6, 6.07) is 1.08. The smallest absolute Gasteiger partial charge is 0.0787 e. The van der Waals surface area contributed by atoms with Crippen molar-refractivity contribution < 1.29 is 24.8 Å². The molecular formula is C65H106Cl2N2O5. The molecule has 420 valence electrons. The van der Waals surface area contributed by atoms with Crippen LogP contribution in [0.4, 0.5) is 0 Å². The summed E-state index contributed by atoms with van der Waals surface area (Å²) in [5, 5.41) is 28.3. The number of hydrogen-bond donors (Lipinski definition) is 3. The molecule has 6 saturated carbocycles. The van der Waals surface area contributed by atoms with E-state index in [9.17, 15) is 10.2 Å². The van der Waals surface area contributed by atoms with Crippen LogP contribution < -0.4 is 0 Å². The van der Waals surface area contributed by atoms with E-state index in [1.165, 1.54) is 103 Å². The van der Waals surface area contributed by atoms with Gasteiger partial charge < -0.3 is 24.8 Å². The van der Waals surface area contributed by atoms with E-state index in [0.717, 1.165) is 92.5 Å².